The molecule has 1 heterocycles. The molecule has 1 amide bonds. The Morgan fingerprint density at radius 1 is 1.43 bits per heavy atom. The fourth-order valence-electron chi connectivity index (χ4n) is 2.70. The second-order valence-electron chi connectivity index (χ2n) is 5.74. The number of aromatic nitrogens is 3. The summed E-state index contributed by atoms with van der Waals surface area (Å²) in [5.74, 6) is -0.415. The number of carboxylic acids is 1. The molecule has 116 valence electrons. The molecule has 0 spiro atoms. The quantitative estimate of drug-likeness (QED) is 0.815. The number of carbonyl (C=O) groups is 2. The van der Waals surface area contributed by atoms with Crippen molar-refractivity contribution in [2.75, 3.05) is 0 Å². The van der Waals surface area contributed by atoms with Gasteiger partial charge < -0.3 is 10.4 Å². The molecule has 0 aliphatic heterocycles. The Hall–Kier alpha value is -1.92. The minimum Gasteiger partial charge on any atom is -0.481 e. The first-order valence-corrected chi connectivity index (χ1v) is 7.45. The molecule has 2 atom stereocenters. The van der Waals surface area contributed by atoms with Gasteiger partial charge >= 0.3 is 5.97 Å². The van der Waals surface area contributed by atoms with Crippen LogP contribution in [0.25, 0.3) is 0 Å². The predicted molar refractivity (Wildman–Crippen MR) is 75.5 cm³/mol. The second-order valence-corrected chi connectivity index (χ2v) is 5.74. The van der Waals surface area contributed by atoms with Gasteiger partial charge in [-0.2, -0.15) is 0 Å². The van der Waals surface area contributed by atoms with Gasteiger partial charge in [0.05, 0.1) is 12.1 Å². The lowest BCUT2D eigenvalue weighted by molar-refractivity contribution is -0.137. The third kappa shape index (κ3) is 4.84. The van der Waals surface area contributed by atoms with Crippen molar-refractivity contribution >= 4 is 11.9 Å². The maximum atomic E-state index is 12.0. The zero-order valence-electron chi connectivity index (χ0n) is 12.3. The van der Waals surface area contributed by atoms with E-state index in [4.69, 9.17) is 5.11 Å². The topological polar surface area (TPSA) is 97.1 Å². The van der Waals surface area contributed by atoms with Crippen LogP contribution in [0.3, 0.4) is 0 Å². The zero-order chi connectivity index (χ0) is 15.2. The van der Waals surface area contributed by atoms with E-state index in [1.807, 2.05) is 0 Å². The molecule has 0 aromatic carbocycles. The number of aryl methyl sites for hydroxylation is 1. The SMILES string of the molecule is CC1CCCCC1NC(=O)Cn1cc(CCC(=O)O)nn1. The van der Waals surface area contributed by atoms with Crippen molar-refractivity contribution in [2.45, 2.75) is 58.0 Å². The summed E-state index contributed by atoms with van der Waals surface area (Å²) in [6.07, 6.45) is 6.58. The summed E-state index contributed by atoms with van der Waals surface area (Å²) in [4.78, 5) is 22.5. The van der Waals surface area contributed by atoms with Gasteiger partial charge in [-0.3, -0.25) is 9.59 Å². The average Bonchev–Trinajstić information content (AvgIpc) is 2.86. The molecule has 1 aromatic rings. The van der Waals surface area contributed by atoms with Crippen LogP contribution in [0, 0.1) is 5.92 Å². The Labute approximate surface area is 123 Å². The second kappa shape index (κ2) is 7.19. The summed E-state index contributed by atoms with van der Waals surface area (Å²) in [6, 6.07) is 0.251. The lowest BCUT2D eigenvalue weighted by Crippen LogP contribution is -2.42. The van der Waals surface area contributed by atoms with E-state index in [2.05, 4.69) is 22.6 Å². The number of nitrogens with one attached hydrogen (secondary N) is 1. The fourth-order valence-corrected chi connectivity index (χ4v) is 2.70. The van der Waals surface area contributed by atoms with Gasteiger partial charge in [0.15, 0.2) is 0 Å². The minimum absolute atomic E-state index is 0.0183. The van der Waals surface area contributed by atoms with E-state index in [1.165, 1.54) is 11.1 Å². The van der Waals surface area contributed by atoms with Crippen molar-refractivity contribution in [3.8, 4) is 0 Å². The van der Waals surface area contributed by atoms with Gasteiger partial charge in [0.1, 0.15) is 6.54 Å². The van der Waals surface area contributed by atoms with E-state index >= 15 is 0 Å². The Morgan fingerprint density at radius 3 is 2.90 bits per heavy atom. The zero-order valence-corrected chi connectivity index (χ0v) is 12.3. The number of amides is 1. The lowest BCUT2D eigenvalue weighted by atomic mass is 9.86. The highest BCUT2D eigenvalue weighted by Gasteiger charge is 2.22. The number of hydrogen-bond donors (Lipinski definition) is 2. The van der Waals surface area contributed by atoms with Crippen LogP contribution in [0.2, 0.25) is 0 Å². The molecule has 7 heteroatoms. The molecule has 1 aromatic heterocycles. The molecule has 0 radical (unpaired) electrons. The van der Waals surface area contributed by atoms with E-state index in [1.54, 1.807) is 6.20 Å². The monoisotopic (exact) mass is 294 g/mol. The average molecular weight is 294 g/mol. The summed E-state index contributed by atoms with van der Waals surface area (Å²) in [5.41, 5.74) is 0.594. The highest BCUT2D eigenvalue weighted by atomic mass is 16.4. The van der Waals surface area contributed by atoms with Gasteiger partial charge in [0.25, 0.3) is 0 Å². The number of rotatable bonds is 6. The first kappa shape index (κ1) is 15.5. The minimum atomic E-state index is -0.867. The first-order chi connectivity index (χ1) is 10.0. The molecule has 2 N–H and O–H groups in total. The van der Waals surface area contributed by atoms with Gasteiger partial charge in [-0.15, -0.1) is 5.10 Å². The molecule has 1 aliphatic carbocycles. The Balaban J connectivity index is 1.80. The molecule has 1 fully saturated rings. The summed E-state index contributed by atoms with van der Waals surface area (Å²) in [5, 5.41) is 19.4. The number of hydrogen-bond acceptors (Lipinski definition) is 4. The summed E-state index contributed by atoms with van der Waals surface area (Å²) in [7, 11) is 0. The van der Waals surface area contributed by atoms with Crippen molar-refractivity contribution < 1.29 is 14.7 Å². The molecule has 1 saturated carbocycles. The number of carboxylic acid groups (broad SMARTS) is 1. The molecular formula is C14H22N4O3. The van der Waals surface area contributed by atoms with E-state index in [0.717, 1.165) is 19.3 Å². The lowest BCUT2D eigenvalue weighted by Gasteiger charge is -2.29. The van der Waals surface area contributed by atoms with E-state index in [9.17, 15) is 9.59 Å². The maximum absolute atomic E-state index is 12.0. The predicted octanol–water partition coefficient (Wildman–Crippen LogP) is 0.990. The Morgan fingerprint density at radius 2 is 2.19 bits per heavy atom. The summed E-state index contributed by atoms with van der Waals surface area (Å²) < 4.78 is 1.46. The summed E-state index contributed by atoms with van der Waals surface area (Å²) >= 11 is 0. The van der Waals surface area contributed by atoms with Crippen molar-refractivity contribution in [3.63, 3.8) is 0 Å². The molecule has 21 heavy (non-hydrogen) atoms. The van der Waals surface area contributed by atoms with E-state index < -0.39 is 5.97 Å². The largest absolute Gasteiger partial charge is 0.481 e. The van der Waals surface area contributed by atoms with Gasteiger partial charge in [0, 0.05) is 18.7 Å². The van der Waals surface area contributed by atoms with Crippen molar-refractivity contribution in [3.05, 3.63) is 11.9 Å². The summed E-state index contributed by atoms with van der Waals surface area (Å²) in [6.45, 7) is 2.30. The van der Waals surface area contributed by atoms with Gasteiger partial charge in [0.2, 0.25) is 5.91 Å². The van der Waals surface area contributed by atoms with Gasteiger partial charge in [-0.05, 0) is 18.8 Å². The smallest absolute Gasteiger partial charge is 0.303 e. The van der Waals surface area contributed by atoms with Crippen LogP contribution < -0.4 is 5.32 Å². The van der Waals surface area contributed by atoms with Crippen LogP contribution in [0.5, 0.6) is 0 Å². The molecular weight excluding hydrogens is 272 g/mol. The number of nitrogens with zero attached hydrogens (tertiary/aromatic N) is 3. The third-order valence-corrected chi connectivity index (χ3v) is 3.94. The maximum Gasteiger partial charge on any atom is 0.303 e. The van der Waals surface area contributed by atoms with Crippen LogP contribution in [-0.4, -0.2) is 38.0 Å². The van der Waals surface area contributed by atoms with Crippen LogP contribution in [0.15, 0.2) is 6.20 Å². The normalized spacial score (nSPS) is 22.0. The van der Waals surface area contributed by atoms with Crippen LogP contribution in [-0.2, 0) is 22.6 Å². The van der Waals surface area contributed by atoms with Crippen molar-refractivity contribution in [1.29, 1.82) is 0 Å². The molecule has 0 saturated heterocycles. The number of carbonyl (C=O) groups excluding carboxylic acids is 1. The third-order valence-electron chi connectivity index (χ3n) is 3.94. The van der Waals surface area contributed by atoms with Crippen molar-refractivity contribution in [1.82, 2.24) is 20.3 Å². The Bertz CT molecular complexity index is 500. The van der Waals surface area contributed by atoms with E-state index in [0.29, 0.717) is 18.0 Å². The number of aliphatic carboxylic acids is 1. The van der Waals surface area contributed by atoms with Crippen LogP contribution in [0.1, 0.15) is 44.7 Å². The standard InChI is InChI=1S/C14H22N4O3/c1-10-4-2-3-5-12(10)15-13(19)9-18-8-11(16-17-18)6-7-14(20)21/h8,10,12H,2-7,9H2,1H3,(H,15,19)(H,20,21). The fraction of sp³-hybridized carbons (Fsp3) is 0.714. The highest BCUT2D eigenvalue weighted by molar-refractivity contribution is 5.76. The molecule has 1 aliphatic rings. The van der Waals surface area contributed by atoms with Gasteiger partial charge in [-0.1, -0.05) is 25.0 Å². The molecule has 7 nitrogen and oxygen atoms in total. The van der Waals surface area contributed by atoms with Crippen molar-refractivity contribution in [2.24, 2.45) is 5.92 Å². The van der Waals surface area contributed by atoms with Crippen LogP contribution >= 0.6 is 0 Å². The molecule has 2 unspecified atom stereocenters. The molecule has 2 rings (SSSR count). The van der Waals surface area contributed by atoms with E-state index in [-0.39, 0.29) is 24.9 Å². The Kier molecular flexibility index (Phi) is 5.30. The van der Waals surface area contributed by atoms with Gasteiger partial charge in [-0.25, -0.2) is 4.68 Å². The van der Waals surface area contributed by atoms with Crippen LogP contribution in [0.4, 0.5) is 0 Å². The molecule has 0 bridgehead atoms. The highest BCUT2D eigenvalue weighted by Crippen LogP contribution is 2.23. The first-order valence-electron chi connectivity index (χ1n) is 7.45.